The third-order valence-electron chi connectivity index (χ3n) is 5.92. The molecule has 0 saturated heterocycles. The molecule has 4 aromatic rings. The van der Waals surface area contributed by atoms with E-state index in [-0.39, 0.29) is 30.1 Å². The first-order valence-corrected chi connectivity index (χ1v) is 11.3. The molecule has 3 aromatic carbocycles. The van der Waals surface area contributed by atoms with E-state index >= 15 is 0 Å². The Morgan fingerprint density at radius 1 is 0.882 bits per heavy atom. The molecule has 1 aliphatic rings. The predicted octanol–water partition coefficient (Wildman–Crippen LogP) is 5.00. The SMILES string of the molecule is Cc1ccc(C(=O)/C(Cc2ccc3c(c2)OCO3)=C(/C(=O)O)c2ccc3nsnc3c2)cc1C. The van der Waals surface area contributed by atoms with Crippen molar-refractivity contribution in [1.29, 1.82) is 0 Å². The Morgan fingerprint density at radius 3 is 2.44 bits per heavy atom. The fourth-order valence-corrected chi connectivity index (χ4v) is 4.48. The second-order valence-electron chi connectivity index (χ2n) is 8.12. The number of Topliss-reactive ketones (excluding diaryl/α,β-unsaturated/α-hetero) is 1. The zero-order chi connectivity index (χ0) is 23.8. The Morgan fingerprint density at radius 2 is 1.65 bits per heavy atom. The van der Waals surface area contributed by atoms with Gasteiger partial charge in [-0.1, -0.05) is 24.3 Å². The van der Waals surface area contributed by atoms with Crippen molar-refractivity contribution in [3.8, 4) is 11.5 Å². The lowest BCUT2D eigenvalue weighted by atomic mass is 9.88. The van der Waals surface area contributed by atoms with Crippen molar-refractivity contribution in [3.63, 3.8) is 0 Å². The number of carboxylic acid groups (broad SMARTS) is 1. The van der Waals surface area contributed by atoms with Crippen LogP contribution < -0.4 is 9.47 Å². The number of ketones is 1. The highest BCUT2D eigenvalue weighted by Gasteiger charge is 2.25. The molecule has 7 nitrogen and oxygen atoms in total. The number of benzene rings is 3. The number of nitrogens with zero attached hydrogens (tertiary/aromatic N) is 2. The first-order valence-electron chi connectivity index (χ1n) is 10.6. The number of rotatable bonds is 6. The maximum Gasteiger partial charge on any atom is 0.336 e. The van der Waals surface area contributed by atoms with Crippen LogP contribution in [0, 0.1) is 13.8 Å². The number of aromatic nitrogens is 2. The molecule has 0 radical (unpaired) electrons. The molecule has 1 N–H and O–H groups in total. The maximum atomic E-state index is 13.8. The highest BCUT2D eigenvalue weighted by molar-refractivity contribution is 7.00. The summed E-state index contributed by atoms with van der Waals surface area (Å²) in [7, 11) is 0. The van der Waals surface area contributed by atoms with E-state index in [0.29, 0.717) is 33.7 Å². The van der Waals surface area contributed by atoms with Gasteiger partial charge in [0.05, 0.1) is 17.3 Å². The van der Waals surface area contributed by atoms with Crippen molar-refractivity contribution in [3.05, 3.63) is 88.0 Å². The van der Waals surface area contributed by atoms with Crippen molar-refractivity contribution in [2.75, 3.05) is 6.79 Å². The molecule has 2 heterocycles. The molecule has 0 amide bonds. The van der Waals surface area contributed by atoms with Gasteiger partial charge in [-0.3, -0.25) is 4.79 Å². The van der Waals surface area contributed by atoms with Crippen molar-refractivity contribution in [1.82, 2.24) is 8.75 Å². The number of carboxylic acids is 1. The monoisotopic (exact) mass is 472 g/mol. The number of ether oxygens (including phenoxy) is 2. The van der Waals surface area contributed by atoms with E-state index in [0.717, 1.165) is 28.4 Å². The van der Waals surface area contributed by atoms with Gasteiger partial charge in [0.1, 0.15) is 11.0 Å². The normalized spacial score (nSPS) is 13.1. The topological polar surface area (TPSA) is 98.6 Å². The van der Waals surface area contributed by atoms with Crippen LogP contribution in [-0.4, -0.2) is 32.4 Å². The Balaban J connectivity index is 1.68. The van der Waals surface area contributed by atoms with Crippen molar-refractivity contribution in [2.45, 2.75) is 20.3 Å². The predicted molar refractivity (Wildman–Crippen MR) is 128 cm³/mol. The van der Waals surface area contributed by atoms with Gasteiger partial charge in [0, 0.05) is 17.6 Å². The Hall–Kier alpha value is -4.04. The molecular formula is C26H20N2O5S. The van der Waals surface area contributed by atoms with Crippen molar-refractivity contribution in [2.24, 2.45) is 0 Å². The molecule has 0 atom stereocenters. The highest BCUT2D eigenvalue weighted by Crippen LogP contribution is 2.34. The van der Waals surface area contributed by atoms with E-state index in [1.165, 1.54) is 0 Å². The summed E-state index contributed by atoms with van der Waals surface area (Å²) < 4.78 is 19.3. The minimum atomic E-state index is -1.18. The van der Waals surface area contributed by atoms with E-state index in [4.69, 9.17) is 9.47 Å². The van der Waals surface area contributed by atoms with Gasteiger partial charge in [0.2, 0.25) is 6.79 Å². The van der Waals surface area contributed by atoms with Crippen molar-refractivity contribution < 1.29 is 24.2 Å². The van der Waals surface area contributed by atoms with Crippen LogP contribution in [0.15, 0.2) is 60.2 Å². The fraction of sp³-hybridized carbons (Fsp3) is 0.154. The van der Waals surface area contributed by atoms with E-state index in [1.54, 1.807) is 42.5 Å². The van der Waals surface area contributed by atoms with Crippen LogP contribution >= 0.6 is 11.7 Å². The molecule has 1 aromatic heterocycles. The largest absolute Gasteiger partial charge is 0.478 e. The van der Waals surface area contributed by atoms with Crippen molar-refractivity contribution >= 4 is 40.1 Å². The van der Waals surface area contributed by atoms with Gasteiger partial charge in [0.25, 0.3) is 0 Å². The van der Waals surface area contributed by atoms with E-state index < -0.39 is 5.97 Å². The second kappa shape index (κ2) is 8.72. The minimum Gasteiger partial charge on any atom is -0.478 e. The Labute approximate surface area is 199 Å². The number of hydrogen-bond acceptors (Lipinski definition) is 7. The van der Waals surface area contributed by atoms with Crippen LogP contribution in [0.1, 0.15) is 32.6 Å². The smallest absolute Gasteiger partial charge is 0.336 e. The van der Waals surface area contributed by atoms with E-state index in [1.807, 2.05) is 26.0 Å². The van der Waals surface area contributed by atoms with Crippen LogP contribution in [0.5, 0.6) is 11.5 Å². The molecule has 1 aliphatic heterocycles. The van der Waals surface area contributed by atoms with Gasteiger partial charge in [0.15, 0.2) is 17.3 Å². The first-order chi connectivity index (χ1) is 16.4. The molecule has 0 saturated carbocycles. The van der Waals surface area contributed by atoms with Crippen LogP contribution in [0.3, 0.4) is 0 Å². The maximum absolute atomic E-state index is 13.8. The molecule has 0 aliphatic carbocycles. The molecule has 8 heteroatoms. The summed E-state index contributed by atoms with van der Waals surface area (Å²) in [5.74, 6) is -0.331. The molecular weight excluding hydrogens is 452 g/mol. The second-order valence-corrected chi connectivity index (χ2v) is 8.65. The highest BCUT2D eigenvalue weighted by atomic mass is 32.1. The van der Waals surface area contributed by atoms with Crippen LogP contribution in [0.2, 0.25) is 0 Å². The fourth-order valence-electron chi connectivity index (χ4n) is 3.96. The Bertz CT molecular complexity index is 1490. The molecule has 170 valence electrons. The average molecular weight is 473 g/mol. The van der Waals surface area contributed by atoms with Gasteiger partial charge in [-0.2, -0.15) is 8.75 Å². The average Bonchev–Trinajstić information content (AvgIpc) is 3.48. The Kier molecular flexibility index (Phi) is 5.59. The molecule has 5 rings (SSSR count). The number of aliphatic carboxylic acids is 1. The third kappa shape index (κ3) is 4.04. The number of carbonyl (C=O) groups excluding carboxylic acids is 1. The number of allylic oxidation sites excluding steroid dienone is 1. The lowest BCUT2D eigenvalue weighted by Gasteiger charge is -2.14. The summed E-state index contributed by atoms with van der Waals surface area (Å²) in [5, 5.41) is 10.3. The summed E-state index contributed by atoms with van der Waals surface area (Å²) in [6, 6.07) is 15.8. The van der Waals surface area contributed by atoms with Gasteiger partial charge in [-0.05, 0) is 66.4 Å². The molecule has 0 fully saturated rings. The summed E-state index contributed by atoms with van der Waals surface area (Å²) >= 11 is 1.05. The molecule has 34 heavy (non-hydrogen) atoms. The van der Waals surface area contributed by atoms with E-state index in [2.05, 4.69) is 8.75 Å². The lowest BCUT2D eigenvalue weighted by Crippen LogP contribution is -2.14. The quantitative estimate of drug-likeness (QED) is 0.311. The van der Waals surface area contributed by atoms with Gasteiger partial charge < -0.3 is 14.6 Å². The number of hydrogen-bond donors (Lipinski definition) is 1. The summed E-state index contributed by atoms with van der Waals surface area (Å²) in [6.45, 7) is 4.02. The number of fused-ring (bicyclic) bond motifs is 2. The number of aryl methyl sites for hydroxylation is 2. The van der Waals surface area contributed by atoms with Crippen LogP contribution in [0.4, 0.5) is 0 Å². The molecule has 0 bridgehead atoms. The standard InChI is InChI=1S/C26H20N2O5S/c1-14-3-5-18(9-15(14)2)25(29)19(10-16-4-8-22-23(11-16)33-13-32-22)24(26(30)31)17-6-7-20-21(12-17)28-34-27-20/h3-9,11-12H,10,13H2,1-2H3,(H,30,31)/b24-19+. The molecule has 0 spiro atoms. The first kappa shape index (κ1) is 21.8. The zero-order valence-corrected chi connectivity index (χ0v) is 19.3. The van der Waals surface area contributed by atoms with Crippen LogP contribution in [-0.2, 0) is 11.2 Å². The van der Waals surface area contributed by atoms with E-state index in [9.17, 15) is 14.7 Å². The molecule has 0 unspecified atom stereocenters. The number of carbonyl (C=O) groups is 2. The van der Waals surface area contributed by atoms with Gasteiger partial charge in [-0.15, -0.1) is 0 Å². The minimum absolute atomic E-state index is 0.0594. The lowest BCUT2D eigenvalue weighted by molar-refractivity contribution is -0.130. The zero-order valence-electron chi connectivity index (χ0n) is 18.5. The van der Waals surface area contributed by atoms with Gasteiger partial charge in [-0.25, -0.2) is 4.79 Å². The summed E-state index contributed by atoms with van der Waals surface area (Å²) in [6.07, 6.45) is 0.109. The van der Waals surface area contributed by atoms with Crippen LogP contribution in [0.25, 0.3) is 16.6 Å². The summed E-state index contributed by atoms with van der Waals surface area (Å²) in [5.41, 5.74) is 4.98. The van der Waals surface area contributed by atoms with Gasteiger partial charge >= 0.3 is 5.97 Å². The summed E-state index contributed by atoms with van der Waals surface area (Å²) in [4.78, 5) is 26.3. The third-order valence-corrected chi connectivity index (χ3v) is 6.48.